The molecule has 8 heteroatoms. The first-order valence-corrected chi connectivity index (χ1v) is 14.7. The van der Waals surface area contributed by atoms with Crippen molar-refractivity contribution in [1.82, 2.24) is 4.90 Å². The van der Waals surface area contributed by atoms with Gasteiger partial charge in [-0.05, 0) is 59.9 Å². The van der Waals surface area contributed by atoms with Crippen molar-refractivity contribution in [2.24, 2.45) is 0 Å². The van der Waals surface area contributed by atoms with Crippen LogP contribution in [0.4, 0.5) is 11.4 Å². The van der Waals surface area contributed by atoms with Crippen LogP contribution >= 0.6 is 0 Å². The lowest BCUT2D eigenvalue weighted by molar-refractivity contribution is -0.191. The summed E-state index contributed by atoms with van der Waals surface area (Å²) in [5.74, 6) is -0.0957. The Balaban J connectivity index is 0.00000118. The summed E-state index contributed by atoms with van der Waals surface area (Å²) in [5.41, 5.74) is 6.24. The predicted octanol–water partition coefficient (Wildman–Crippen LogP) is 5.45. The van der Waals surface area contributed by atoms with E-state index in [0.717, 1.165) is 66.5 Å². The van der Waals surface area contributed by atoms with Gasteiger partial charge in [0.15, 0.2) is 0 Å². The van der Waals surface area contributed by atoms with Gasteiger partial charge in [-0.2, -0.15) is 9.59 Å². The van der Waals surface area contributed by atoms with Crippen LogP contribution in [0.5, 0.6) is 0 Å². The monoisotopic (exact) mass is 579 g/mol. The fraction of sp³-hybridized carbons (Fsp3) is 0.314. The number of rotatable bonds is 9. The maximum absolute atomic E-state index is 13.7. The number of ether oxygens (including phenoxy) is 2. The molecule has 0 aliphatic carbocycles. The highest BCUT2D eigenvalue weighted by Gasteiger charge is 2.54. The van der Waals surface area contributed by atoms with Crippen molar-refractivity contribution in [2.75, 3.05) is 36.9 Å². The van der Waals surface area contributed by atoms with Crippen LogP contribution in [0, 0.1) is 6.92 Å². The van der Waals surface area contributed by atoms with E-state index < -0.39 is 5.60 Å². The Morgan fingerprint density at radius 1 is 1.00 bits per heavy atom. The van der Waals surface area contributed by atoms with E-state index in [-0.39, 0.29) is 24.2 Å². The molecule has 2 N–H and O–H groups in total. The van der Waals surface area contributed by atoms with E-state index in [1.165, 1.54) is 5.56 Å². The van der Waals surface area contributed by atoms with Crippen molar-refractivity contribution in [1.29, 1.82) is 0 Å². The van der Waals surface area contributed by atoms with E-state index in [2.05, 4.69) is 64.9 Å². The zero-order chi connectivity index (χ0) is 30.2. The van der Waals surface area contributed by atoms with E-state index in [1.54, 1.807) is 0 Å². The zero-order valence-corrected chi connectivity index (χ0v) is 24.5. The Labute approximate surface area is 252 Å². The van der Waals surface area contributed by atoms with Crippen LogP contribution in [0.25, 0.3) is 0 Å². The third kappa shape index (κ3) is 6.53. The first kappa shape index (κ1) is 30.1. The molecule has 3 aromatic rings. The van der Waals surface area contributed by atoms with Gasteiger partial charge in [-0.1, -0.05) is 73.7 Å². The number of amides is 1. The smallest absolute Gasteiger partial charge is 0.373 e. The highest BCUT2D eigenvalue weighted by molar-refractivity contribution is 6.06. The number of hydrogen-bond acceptors (Lipinski definition) is 7. The molecular formula is C35H37N3O5. The summed E-state index contributed by atoms with van der Waals surface area (Å²) in [6.45, 7) is 8.53. The molecule has 2 bridgehead atoms. The lowest BCUT2D eigenvalue weighted by Gasteiger charge is -2.37. The number of carbonyl (C=O) groups excluding carboxylic acids is 3. The third-order valence-electron chi connectivity index (χ3n) is 8.25. The number of nitrogens with one attached hydrogen (secondary N) is 2. The summed E-state index contributed by atoms with van der Waals surface area (Å²) in [4.78, 5) is 32.4. The molecule has 0 radical (unpaired) electrons. The zero-order valence-electron chi connectivity index (χ0n) is 24.5. The van der Waals surface area contributed by atoms with Gasteiger partial charge in [-0.25, -0.2) is 0 Å². The van der Waals surface area contributed by atoms with E-state index >= 15 is 0 Å². The van der Waals surface area contributed by atoms with Crippen LogP contribution in [0.2, 0.25) is 0 Å². The maximum atomic E-state index is 13.7. The molecule has 3 atom stereocenters. The lowest BCUT2D eigenvalue weighted by atomic mass is 9.77. The van der Waals surface area contributed by atoms with Crippen LogP contribution in [0.3, 0.4) is 0 Å². The molecule has 8 nitrogen and oxygen atoms in total. The lowest BCUT2D eigenvalue weighted by Crippen LogP contribution is -2.40. The van der Waals surface area contributed by atoms with Gasteiger partial charge in [0.05, 0.1) is 24.8 Å². The van der Waals surface area contributed by atoms with Gasteiger partial charge in [0.2, 0.25) is 0 Å². The maximum Gasteiger partial charge on any atom is 0.373 e. The van der Waals surface area contributed by atoms with Gasteiger partial charge in [0.25, 0.3) is 5.91 Å². The van der Waals surface area contributed by atoms with Crippen LogP contribution in [0.15, 0.2) is 102 Å². The summed E-state index contributed by atoms with van der Waals surface area (Å²) >= 11 is 0. The van der Waals surface area contributed by atoms with Crippen molar-refractivity contribution >= 4 is 23.4 Å². The van der Waals surface area contributed by atoms with Crippen molar-refractivity contribution in [3.05, 3.63) is 119 Å². The predicted molar refractivity (Wildman–Crippen MR) is 164 cm³/mol. The summed E-state index contributed by atoms with van der Waals surface area (Å²) in [7, 11) is 0. The van der Waals surface area contributed by atoms with E-state index in [4.69, 9.17) is 19.1 Å². The van der Waals surface area contributed by atoms with Crippen LogP contribution < -0.4 is 10.6 Å². The Kier molecular flexibility index (Phi) is 9.65. The Hall–Kier alpha value is -4.33. The second kappa shape index (κ2) is 13.8. The normalized spacial score (nSPS) is 21.5. The van der Waals surface area contributed by atoms with Gasteiger partial charge in [-0.3, -0.25) is 9.69 Å². The van der Waals surface area contributed by atoms with Gasteiger partial charge in [-0.15, -0.1) is 0 Å². The molecule has 1 amide bonds. The largest absolute Gasteiger partial charge is 0.379 e. The number of benzene rings is 3. The van der Waals surface area contributed by atoms with Crippen molar-refractivity contribution in [2.45, 2.75) is 44.6 Å². The van der Waals surface area contributed by atoms with Crippen molar-refractivity contribution in [3.8, 4) is 0 Å². The number of fused-ring (bicyclic) bond motifs is 2. The van der Waals surface area contributed by atoms with E-state index in [9.17, 15) is 4.79 Å². The minimum atomic E-state index is -0.764. The highest BCUT2D eigenvalue weighted by Crippen LogP contribution is 2.52. The number of para-hydroxylation sites is 2. The van der Waals surface area contributed by atoms with Gasteiger partial charge < -0.3 is 20.1 Å². The Morgan fingerprint density at radius 3 is 2.35 bits per heavy atom. The molecule has 3 aromatic carbocycles. The summed E-state index contributed by atoms with van der Waals surface area (Å²) < 4.78 is 12.3. The van der Waals surface area contributed by atoms with Gasteiger partial charge >= 0.3 is 6.15 Å². The second-order valence-electron chi connectivity index (χ2n) is 10.9. The molecule has 3 aliphatic heterocycles. The number of nitrogens with zero attached hydrogens (tertiary/aromatic N) is 1. The molecular weight excluding hydrogens is 542 g/mol. The molecule has 0 spiro atoms. The van der Waals surface area contributed by atoms with Crippen molar-refractivity contribution < 1.29 is 23.9 Å². The third-order valence-corrected chi connectivity index (χ3v) is 8.25. The quantitative estimate of drug-likeness (QED) is 0.326. The molecule has 43 heavy (non-hydrogen) atoms. The average Bonchev–Trinajstić information content (AvgIpc) is 3.61. The SMILES string of the molecule is CCC1=C(C(=O)Nc2ccccc2C)C2C=CC1(C(Nc1ccccc1)c1ccc(CN3CCOCC3)cc1)O2.O=C=O. The fourth-order valence-corrected chi connectivity index (χ4v) is 6.17. The Morgan fingerprint density at radius 2 is 1.67 bits per heavy atom. The molecule has 1 saturated heterocycles. The molecule has 0 saturated carbocycles. The molecule has 3 aliphatic rings. The highest BCUT2D eigenvalue weighted by atomic mass is 16.5. The molecule has 0 aromatic heterocycles. The van der Waals surface area contributed by atoms with E-state index in [1.807, 2.05) is 55.5 Å². The molecule has 222 valence electrons. The molecule has 1 fully saturated rings. The molecule has 6 rings (SSSR count). The summed E-state index contributed by atoms with van der Waals surface area (Å²) in [5, 5.41) is 6.92. The first-order chi connectivity index (χ1) is 21.0. The van der Waals surface area contributed by atoms with Gasteiger partial charge in [0.1, 0.15) is 11.7 Å². The molecule has 3 unspecified atom stereocenters. The van der Waals surface area contributed by atoms with Crippen LogP contribution in [0.1, 0.15) is 36.1 Å². The number of hydrogen-bond donors (Lipinski definition) is 2. The fourth-order valence-electron chi connectivity index (χ4n) is 6.17. The van der Waals surface area contributed by atoms with Crippen molar-refractivity contribution in [3.63, 3.8) is 0 Å². The molecule has 3 heterocycles. The summed E-state index contributed by atoms with van der Waals surface area (Å²) in [6.07, 6.45) is 4.78. The summed E-state index contributed by atoms with van der Waals surface area (Å²) in [6, 6.07) is 26.7. The second-order valence-corrected chi connectivity index (χ2v) is 10.9. The minimum Gasteiger partial charge on any atom is -0.379 e. The van der Waals surface area contributed by atoms with Crippen LogP contribution in [-0.4, -0.2) is 55.0 Å². The van der Waals surface area contributed by atoms with E-state index in [0.29, 0.717) is 6.42 Å². The standard InChI is InChI=1S/C34H37N3O3.CO2/c1-3-28-31(33(38)36-29-12-8-7-9-24(29)2)30-17-18-34(28,40-30)32(35-27-10-5-4-6-11-27)26-15-13-25(14-16-26)23-37-19-21-39-22-20-37;2-1-3/h4-18,30,32,35H,3,19-23H2,1-2H3,(H,36,38);. The topological polar surface area (TPSA) is 97.0 Å². The number of carbonyl (C=O) groups is 1. The average molecular weight is 580 g/mol. The number of morpholine rings is 1. The first-order valence-electron chi connectivity index (χ1n) is 14.7. The minimum absolute atomic E-state index is 0.0957. The van der Waals surface area contributed by atoms with Crippen LogP contribution in [-0.2, 0) is 30.4 Å². The Bertz CT molecular complexity index is 1510. The number of aryl methyl sites for hydroxylation is 1. The van der Waals surface area contributed by atoms with Gasteiger partial charge in [0, 0.05) is 31.0 Å². The number of anilines is 2.